The summed E-state index contributed by atoms with van der Waals surface area (Å²) in [5.41, 5.74) is 0.486. The third-order valence-electron chi connectivity index (χ3n) is 4.47. The van der Waals surface area contributed by atoms with Crippen molar-refractivity contribution in [3.63, 3.8) is 0 Å². The van der Waals surface area contributed by atoms with Crippen LogP contribution < -0.4 is 0 Å². The van der Waals surface area contributed by atoms with Crippen molar-refractivity contribution in [2.45, 2.75) is 37.2 Å². The van der Waals surface area contributed by atoms with Gasteiger partial charge in [0.05, 0.1) is 4.87 Å². The van der Waals surface area contributed by atoms with Gasteiger partial charge in [-0.2, -0.15) is 0 Å². The Bertz CT molecular complexity index is 624. The normalized spacial score (nSPS) is 27.1. The predicted octanol–water partition coefficient (Wildman–Crippen LogP) is 2.24. The van der Waals surface area contributed by atoms with E-state index in [-0.39, 0.29) is 29.0 Å². The number of thioether (sulfide) groups is 1. The molecule has 118 valence electrons. The third-order valence-corrected chi connectivity index (χ3v) is 5.98. The summed E-state index contributed by atoms with van der Waals surface area (Å²) in [6, 6.07) is 6.02. The quantitative estimate of drug-likeness (QED) is 0.857. The second kappa shape index (κ2) is 5.57. The molecule has 0 radical (unpaired) electrons. The number of hydrogen-bond donors (Lipinski definition) is 0. The summed E-state index contributed by atoms with van der Waals surface area (Å²) in [4.78, 5) is 27.8. The minimum absolute atomic E-state index is 0.0464. The highest BCUT2D eigenvalue weighted by Gasteiger charge is 2.53. The van der Waals surface area contributed by atoms with E-state index in [1.165, 1.54) is 11.0 Å². The fraction of sp³-hybridized carbons (Fsp3) is 0.500. The Balaban J connectivity index is 1.74. The maximum atomic E-state index is 13.7. The minimum atomic E-state index is -0.429. The number of fused-ring (bicyclic) bond motifs is 1. The van der Waals surface area contributed by atoms with Gasteiger partial charge in [0.2, 0.25) is 11.8 Å². The molecule has 22 heavy (non-hydrogen) atoms. The maximum Gasteiger partial charge on any atom is 0.246 e. The summed E-state index contributed by atoms with van der Waals surface area (Å²) in [6.07, 6.45) is 1.29. The number of halogens is 1. The van der Waals surface area contributed by atoms with Gasteiger partial charge < -0.3 is 9.80 Å². The molecule has 0 N–H and O–H groups in total. The molecule has 0 saturated carbocycles. The summed E-state index contributed by atoms with van der Waals surface area (Å²) in [6.45, 7) is 2.23. The molecular weight excluding hydrogens is 303 g/mol. The van der Waals surface area contributed by atoms with E-state index in [1.54, 1.807) is 41.9 Å². The molecule has 2 aliphatic rings. The van der Waals surface area contributed by atoms with Gasteiger partial charge in [-0.15, -0.1) is 11.8 Å². The number of amides is 2. The van der Waals surface area contributed by atoms with Crippen molar-refractivity contribution < 1.29 is 14.0 Å². The minimum Gasteiger partial charge on any atom is -0.340 e. The average molecular weight is 322 g/mol. The lowest BCUT2D eigenvalue weighted by atomic mass is 10.1. The second-order valence-corrected chi connectivity index (χ2v) is 7.55. The van der Waals surface area contributed by atoms with Crippen molar-refractivity contribution >= 4 is 23.6 Å². The zero-order valence-corrected chi connectivity index (χ0v) is 13.5. The van der Waals surface area contributed by atoms with E-state index in [0.29, 0.717) is 17.7 Å². The van der Waals surface area contributed by atoms with Crippen LogP contribution in [-0.4, -0.2) is 45.3 Å². The molecule has 0 aliphatic carbocycles. The number of carbonyl (C=O) groups excluding carboxylic acids is 2. The standard InChI is InChI=1S/C16H19FN2O2S/c1-16-8-7-14(20)19(16)13(10-22-16)15(21)18(2)9-11-5-3-4-6-12(11)17/h3-6,13H,7-10H2,1-2H3. The summed E-state index contributed by atoms with van der Waals surface area (Å²) in [5, 5.41) is 0. The highest BCUT2D eigenvalue weighted by atomic mass is 32.2. The molecular formula is C16H19FN2O2S. The van der Waals surface area contributed by atoms with E-state index in [9.17, 15) is 14.0 Å². The molecule has 1 aromatic carbocycles. The maximum absolute atomic E-state index is 13.7. The Hall–Kier alpha value is -1.56. The molecule has 6 heteroatoms. The van der Waals surface area contributed by atoms with Crippen molar-refractivity contribution in [2.24, 2.45) is 0 Å². The third kappa shape index (κ3) is 2.49. The van der Waals surface area contributed by atoms with E-state index in [2.05, 4.69) is 0 Å². The first-order valence-corrected chi connectivity index (χ1v) is 8.35. The monoisotopic (exact) mass is 322 g/mol. The van der Waals surface area contributed by atoms with Crippen LogP contribution in [0.1, 0.15) is 25.3 Å². The Morgan fingerprint density at radius 2 is 2.23 bits per heavy atom. The number of hydrogen-bond acceptors (Lipinski definition) is 3. The van der Waals surface area contributed by atoms with Crippen molar-refractivity contribution in [3.05, 3.63) is 35.6 Å². The van der Waals surface area contributed by atoms with Gasteiger partial charge >= 0.3 is 0 Å². The van der Waals surface area contributed by atoms with Gasteiger partial charge in [-0.1, -0.05) is 18.2 Å². The summed E-state index contributed by atoms with van der Waals surface area (Å²) < 4.78 is 13.7. The first kappa shape index (κ1) is 15.3. The zero-order chi connectivity index (χ0) is 15.9. The summed E-state index contributed by atoms with van der Waals surface area (Å²) >= 11 is 1.67. The SMILES string of the molecule is CN(Cc1ccccc1F)C(=O)C1CSC2(C)CCC(=O)N12. The molecule has 2 saturated heterocycles. The van der Waals surface area contributed by atoms with Gasteiger partial charge in [0.25, 0.3) is 0 Å². The summed E-state index contributed by atoms with van der Waals surface area (Å²) in [7, 11) is 1.66. The number of rotatable bonds is 3. The lowest BCUT2D eigenvalue weighted by Gasteiger charge is -2.32. The fourth-order valence-corrected chi connectivity index (χ4v) is 4.64. The van der Waals surface area contributed by atoms with E-state index < -0.39 is 6.04 Å². The first-order chi connectivity index (χ1) is 10.4. The largest absolute Gasteiger partial charge is 0.340 e. The smallest absolute Gasteiger partial charge is 0.246 e. The Morgan fingerprint density at radius 3 is 2.95 bits per heavy atom. The highest BCUT2D eigenvalue weighted by Crippen LogP contribution is 2.47. The molecule has 2 unspecified atom stereocenters. The van der Waals surface area contributed by atoms with E-state index in [0.717, 1.165) is 6.42 Å². The predicted molar refractivity (Wildman–Crippen MR) is 83.6 cm³/mol. The topological polar surface area (TPSA) is 40.6 Å². The number of carbonyl (C=O) groups is 2. The molecule has 2 aliphatic heterocycles. The van der Waals surface area contributed by atoms with Crippen LogP contribution in [-0.2, 0) is 16.1 Å². The van der Waals surface area contributed by atoms with Gasteiger partial charge in [0.15, 0.2) is 0 Å². The van der Waals surface area contributed by atoms with Crippen LogP contribution in [0.4, 0.5) is 4.39 Å². The van der Waals surface area contributed by atoms with Crippen molar-refractivity contribution in [3.8, 4) is 0 Å². The highest BCUT2D eigenvalue weighted by molar-refractivity contribution is 8.01. The number of likely N-dealkylation sites (N-methyl/N-ethyl adjacent to an activating group) is 1. The van der Waals surface area contributed by atoms with Crippen LogP contribution in [0.3, 0.4) is 0 Å². The van der Waals surface area contributed by atoms with Crippen molar-refractivity contribution in [2.75, 3.05) is 12.8 Å². The molecule has 2 amide bonds. The van der Waals surface area contributed by atoms with Crippen molar-refractivity contribution in [1.29, 1.82) is 0 Å². The molecule has 0 spiro atoms. The zero-order valence-electron chi connectivity index (χ0n) is 12.7. The van der Waals surface area contributed by atoms with Crippen LogP contribution in [0, 0.1) is 5.82 Å². The van der Waals surface area contributed by atoms with Crippen LogP contribution in [0.2, 0.25) is 0 Å². The molecule has 0 bridgehead atoms. The first-order valence-electron chi connectivity index (χ1n) is 7.37. The number of nitrogens with zero attached hydrogens (tertiary/aromatic N) is 2. The van der Waals surface area contributed by atoms with E-state index >= 15 is 0 Å². The lowest BCUT2D eigenvalue weighted by Crippen LogP contribution is -2.50. The molecule has 2 heterocycles. The van der Waals surface area contributed by atoms with Crippen LogP contribution in [0.15, 0.2) is 24.3 Å². The van der Waals surface area contributed by atoms with Crippen molar-refractivity contribution in [1.82, 2.24) is 9.80 Å². The van der Waals surface area contributed by atoms with E-state index in [1.807, 2.05) is 6.92 Å². The fourth-order valence-electron chi connectivity index (χ4n) is 3.22. The lowest BCUT2D eigenvalue weighted by molar-refractivity contribution is -0.143. The van der Waals surface area contributed by atoms with Gasteiger partial charge in [-0.05, 0) is 19.4 Å². The van der Waals surface area contributed by atoms with Crippen LogP contribution in [0.5, 0.6) is 0 Å². The van der Waals surface area contributed by atoms with Crippen LogP contribution in [0.25, 0.3) is 0 Å². The molecule has 0 aromatic heterocycles. The average Bonchev–Trinajstić information content (AvgIpc) is 2.98. The number of benzene rings is 1. The second-order valence-electron chi connectivity index (χ2n) is 6.05. The Labute approximate surface area is 133 Å². The van der Waals surface area contributed by atoms with Gasteiger partial charge in [-0.3, -0.25) is 9.59 Å². The molecule has 2 atom stereocenters. The van der Waals surface area contributed by atoms with Gasteiger partial charge in [0, 0.05) is 31.3 Å². The molecule has 1 aromatic rings. The molecule has 3 rings (SSSR count). The Kier molecular flexibility index (Phi) is 3.89. The molecule has 4 nitrogen and oxygen atoms in total. The van der Waals surface area contributed by atoms with E-state index in [4.69, 9.17) is 0 Å². The Morgan fingerprint density at radius 1 is 1.50 bits per heavy atom. The molecule has 2 fully saturated rings. The van der Waals surface area contributed by atoms with Crippen LogP contribution >= 0.6 is 11.8 Å². The van der Waals surface area contributed by atoms with Gasteiger partial charge in [0.1, 0.15) is 11.9 Å². The van der Waals surface area contributed by atoms with Gasteiger partial charge in [-0.25, -0.2) is 4.39 Å². The summed E-state index contributed by atoms with van der Waals surface area (Å²) in [5.74, 6) is 0.229.